The van der Waals surface area contributed by atoms with Gasteiger partial charge in [-0.2, -0.15) is 0 Å². The van der Waals surface area contributed by atoms with Crippen LogP contribution in [0.15, 0.2) is 48.8 Å². The fourth-order valence-electron chi connectivity index (χ4n) is 2.49. The zero-order valence-corrected chi connectivity index (χ0v) is 13.5. The first-order valence-electron chi connectivity index (χ1n) is 7.57. The zero-order valence-electron chi connectivity index (χ0n) is 13.5. The maximum Gasteiger partial charge on any atom is 0.256 e. The van der Waals surface area contributed by atoms with Crippen LogP contribution in [-0.4, -0.2) is 32.3 Å². The van der Waals surface area contributed by atoms with Gasteiger partial charge in [0.1, 0.15) is 11.4 Å². The van der Waals surface area contributed by atoms with E-state index < -0.39 is 5.60 Å². The van der Waals surface area contributed by atoms with Crippen LogP contribution >= 0.6 is 0 Å². The number of rotatable bonds is 4. The van der Waals surface area contributed by atoms with Crippen LogP contribution in [0.2, 0.25) is 0 Å². The van der Waals surface area contributed by atoms with E-state index in [0.29, 0.717) is 16.9 Å². The topological polar surface area (TPSA) is 87.4 Å². The molecule has 0 radical (unpaired) electrons. The number of amides is 1. The van der Waals surface area contributed by atoms with Crippen molar-refractivity contribution < 1.29 is 15.0 Å². The van der Waals surface area contributed by atoms with Crippen LogP contribution < -0.4 is 5.32 Å². The molecular weight excluding hydrogens is 306 g/mol. The van der Waals surface area contributed by atoms with E-state index >= 15 is 0 Å². The third kappa shape index (κ3) is 3.02. The van der Waals surface area contributed by atoms with Gasteiger partial charge in [0.15, 0.2) is 0 Å². The summed E-state index contributed by atoms with van der Waals surface area (Å²) < 4.78 is 1.96. The number of aromatic nitrogens is 2. The summed E-state index contributed by atoms with van der Waals surface area (Å²) >= 11 is 0. The normalized spacial score (nSPS) is 13.7. The average molecular weight is 325 g/mol. The van der Waals surface area contributed by atoms with Gasteiger partial charge in [-0.1, -0.05) is 12.1 Å². The molecule has 0 bridgehead atoms. The molecule has 3 aromatic rings. The maximum absolute atomic E-state index is 12.3. The lowest BCUT2D eigenvalue weighted by Crippen LogP contribution is -2.25. The summed E-state index contributed by atoms with van der Waals surface area (Å²) in [6.45, 7) is 1.13. The number of pyridine rings is 1. The lowest BCUT2D eigenvalue weighted by Gasteiger charge is -2.20. The summed E-state index contributed by atoms with van der Waals surface area (Å²) in [5.74, 6) is 0.187. The predicted octanol–water partition coefficient (Wildman–Crippen LogP) is 2.03. The minimum atomic E-state index is -1.33. The Kier molecular flexibility index (Phi) is 4.09. The number of aryl methyl sites for hydroxylation is 1. The summed E-state index contributed by atoms with van der Waals surface area (Å²) in [6, 6.07) is 10.2. The Morgan fingerprint density at radius 1 is 1.29 bits per heavy atom. The first kappa shape index (κ1) is 16.2. The van der Waals surface area contributed by atoms with Crippen molar-refractivity contribution in [1.82, 2.24) is 9.55 Å². The maximum atomic E-state index is 12.3. The van der Waals surface area contributed by atoms with Crippen LogP contribution in [0.25, 0.3) is 10.9 Å². The SMILES string of the molecule is Cn1ccc2cnc(NC(=O)c3ccc([C@@](C)(O)CO)cc3)cc21. The Labute approximate surface area is 139 Å². The third-order valence-corrected chi connectivity index (χ3v) is 4.09. The van der Waals surface area contributed by atoms with Crippen molar-refractivity contribution in [3.8, 4) is 0 Å². The van der Waals surface area contributed by atoms with Crippen molar-refractivity contribution in [2.24, 2.45) is 7.05 Å². The molecule has 3 rings (SSSR count). The number of carbonyl (C=O) groups is 1. The van der Waals surface area contributed by atoms with Crippen LogP contribution in [0.5, 0.6) is 0 Å². The molecule has 0 saturated carbocycles. The van der Waals surface area contributed by atoms with Gasteiger partial charge in [-0.3, -0.25) is 4.79 Å². The zero-order chi connectivity index (χ0) is 17.3. The largest absolute Gasteiger partial charge is 0.393 e. The molecule has 6 heteroatoms. The minimum Gasteiger partial charge on any atom is -0.393 e. The molecule has 0 saturated heterocycles. The fraction of sp³-hybridized carbons (Fsp3) is 0.222. The molecule has 2 heterocycles. The summed E-state index contributed by atoms with van der Waals surface area (Å²) in [4.78, 5) is 16.6. The van der Waals surface area contributed by atoms with Gasteiger partial charge in [0.25, 0.3) is 5.91 Å². The fourth-order valence-corrected chi connectivity index (χ4v) is 2.49. The number of hydrogen-bond acceptors (Lipinski definition) is 4. The summed E-state index contributed by atoms with van der Waals surface area (Å²) in [5, 5.41) is 22.9. The Bertz CT molecular complexity index is 882. The van der Waals surface area contributed by atoms with E-state index in [2.05, 4.69) is 10.3 Å². The molecule has 6 nitrogen and oxygen atoms in total. The molecule has 1 amide bonds. The molecule has 2 aromatic heterocycles. The molecule has 1 aromatic carbocycles. The molecule has 24 heavy (non-hydrogen) atoms. The number of aliphatic hydroxyl groups is 2. The predicted molar refractivity (Wildman–Crippen MR) is 91.8 cm³/mol. The second kappa shape index (κ2) is 6.07. The molecule has 124 valence electrons. The van der Waals surface area contributed by atoms with Crippen molar-refractivity contribution in [3.05, 3.63) is 59.9 Å². The molecule has 1 atom stereocenters. The lowest BCUT2D eigenvalue weighted by molar-refractivity contribution is -0.00229. The monoisotopic (exact) mass is 325 g/mol. The summed E-state index contributed by atoms with van der Waals surface area (Å²) in [7, 11) is 1.93. The Hall–Kier alpha value is -2.70. The highest BCUT2D eigenvalue weighted by atomic mass is 16.3. The van der Waals surface area contributed by atoms with Crippen LogP contribution in [0.3, 0.4) is 0 Å². The second-order valence-corrected chi connectivity index (χ2v) is 6.02. The van der Waals surface area contributed by atoms with Crippen LogP contribution in [0.4, 0.5) is 5.82 Å². The number of anilines is 1. The van der Waals surface area contributed by atoms with Crippen molar-refractivity contribution >= 4 is 22.6 Å². The number of hydrogen-bond donors (Lipinski definition) is 3. The number of benzene rings is 1. The van der Waals surface area contributed by atoms with Crippen LogP contribution in [0.1, 0.15) is 22.8 Å². The summed E-state index contributed by atoms with van der Waals surface area (Å²) in [5.41, 5.74) is 0.648. The van der Waals surface area contributed by atoms with Gasteiger partial charge in [0, 0.05) is 36.5 Å². The highest BCUT2D eigenvalue weighted by molar-refractivity contribution is 6.04. The Morgan fingerprint density at radius 2 is 2.00 bits per heavy atom. The minimum absolute atomic E-state index is 0.286. The van der Waals surface area contributed by atoms with Gasteiger partial charge in [-0.05, 0) is 30.7 Å². The molecule has 0 aliphatic heterocycles. The van der Waals surface area contributed by atoms with Crippen LogP contribution in [-0.2, 0) is 12.6 Å². The highest BCUT2D eigenvalue weighted by Gasteiger charge is 2.21. The average Bonchev–Trinajstić information content (AvgIpc) is 2.96. The van der Waals surface area contributed by atoms with E-state index in [1.54, 1.807) is 30.5 Å². The van der Waals surface area contributed by atoms with Gasteiger partial charge in [-0.15, -0.1) is 0 Å². The van der Waals surface area contributed by atoms with E-state index in [1.165, 1.54) is 6.92 Å². The van der Waals surface area contributed by atoms with Gasteiger partial charge >= 0.3 is 0 Å². The first-order chi connectivity index (χ1) is 11.4. The number of fused-ring (bicyclic) bond motifs is 1. The van der Waals surface area contributed by atoms with Crippen LogP contribution in [0, 0.1) is 0 Å². The molecule has 0 spiro atoms. The van der Waals surface area contributed by atoms with Gasteiger partial charge < -0.3 is 20.1 Å². The van der Waals surface area contributed by atoms with E-state index in [-0.39, 0.29) is 12.5 Å². The molecule has 3 N–H and O–H groups in total. The quantitative estimate of drug-likeness (QED) is 0.685. The van der Waals surface area contributed by atoms with E-state index in [4.69, 9.17) is 0 Å². The van der Waals surface area contributed by atoms with Gasteiger partial charge in [-0.25, -0.2) is 4.98 Å². The van der Waals surface area contributed by atoms with E-state index in [0.717, 1.165) is 10.9 Å². The number of nitrogens with zero attached hydrogens (tertiary/aromatic N) is 2. The van der Waals surface area contributed by atoms with E-state index in [1.807, 2.05) is 29.9 Å². The van der Waals surface area contributed by atoms with E-state index in [9.17, 15) is 15.0 Å². The number of nitrogens with one attached hydrogen (secondary N) is 1. The molecular formula is C18H19N3O3. The van der Waals surface area contributed by atoms with Gasteiger partial charge in [0.05, 0.1) is 12.1 Å². The van der Waals surface area contributed by atoms with Crippen molar-refractivity contribution in [1.29, 1.82) is 0 Å². The van der Waals surface area contributed by atoms with Gasteiger partial charge in [0.2, 0.25) is 0 Å². The first-order valence-corrected chi connectivity index (χ1v) is 7.57. The number of carbonyl (C=O) groups excluding carboxylic acids is 1. The molecule has 0 fully saturated rings. The molecule has 0 aliphatic rings. The Morgan fingerprint density at radius 3 is 2.67 bits per heavy atom. The molecule has 0 aliphatic carbocycles. The standard InChI is InChI=1S/C18H19N3O3/c1-18(24,11-22)14-5-3-12(4-6-14)17(23)20-16-9-15-13(10-19-16)7-8-21(15)2/h3-10,22,24H,11H2,1-2H3,(H,19,20,23)/t18-/m0/s1. The molecule has 0 unspecified atom stereocenters. The highest BCUT2D eigenvalue weighted by Crippen LogP contribution is 2.21. The Balaban J connectivity index is 1.79. The summed E-state index contributed by atoms with van der Waals surface area (Å²) in [6.07, 6.45) is 3.65. The third-order valence-electron chi connectivity index (χ3n) is 4.09. The number of aliphatic hydroxyl groups excluding tert-OH is 1. The lowest BCUT2D eigenvalue weighted by atomic mass is 9.96. The van der Waals surface area contributed by atoms with Crippen molar-refractivity contribution in [3.63, 3.8) is 0 Å². The smallest absolute Gasteiger partial charge is 0.256 e. The second-order valence-electron chi connectivity index (χ2n) is 6.02. The van der Waals surface area contributed by atoms with Crippen molar-refractivity contribution in [2.45, 2.75) is 12.5 Å². The van der Waals surface area contributed by atoms with Crippen molar-refractivity contribution in [2.75, 3.05) is 11.9 Å².